The van der Waals surface area contributed by atoms with Crippen molar-refractivity contribution in [1.82, 2.24) is 0 Å². The van der Waals surface area contributed by atoms with E-state index in [2.05, 4.69) is 15.9 Å². The molecule has 0 aliphatic rings. The van der Waals surface area contributed by atoms with Gasteiger partial charge in [0.15, 0.2) is 0 Å². The zero-order valence-electron chi connectivity index (χ0n) is 9.35. The van der Waals surface area contributed by atoms with E-state index in [-0.39, 0.29) is 4.83 Å². The Kier molecular flexibility index (Phi) is 4.15. The number of halogens is 1. The van der Waals surface area contributed by atoms with Gasteiger partial charge in [0.05, 0.1) is 4.75 Å². The van der Waals surface area contributed by atoms with E-state index in [1.165, 1.54) is 0 Å². The first-order valence-electron chi connectivity index (χ1n) is 4.95. The van der Waals surface area contributed by atoms with E-state index in [0.717, 1.165) is 5.56 Å². The van der Waals surface area contributed by atoms with Gasteiger partial charge in [0.1, 0.15) is 0 Å². The van der Waals surface area contributed by atoms with Crippen LogP contribution >= 0.6 is 15.9 Å². The van der Waals surface area contributed by atoms with Crippen LogP contribution in [0, 0.1) is 0 Å². The predicted molar refractivity (Wildman–Crippen MR) is 70.0 cm³/mol. The molecule has 1 aromatic rings. The summed E-state index contributed by atoms with van der Waals surface area (Å²) < 4.78 is 21.9. The van der Waals surface area contributed by atoms with Crippen LogP contribution in [0.25, 0.3) is 0 Å². The van der Waals surface area contributed by atoms with Gasteiger partial charge in [-0.3, -0.25) is 0 Å². The van der Waals surface area contributed by atoms with Crippen molar-refractivity contribution in [3.05, 3.63) is 35.9 Å². The normalized spacial score (nSPS) is 14.8. The quantitative estimate of drug-likeness (QED) is 0.866. The molecular weight excluding hydrogens is 290 g/mol. The average Bonchev–Trinajstić information content (AvgIpc) is 2.17. The molecule has 0 heterocycles. The van der Waals surface area contributed by atoms with Gasteiger partial charge in [0.25, 0.3) is 0 Å². The number of primary sulfonamides is 1. The summed E-state index contributed by atoms with van der Waals surface area (Å²) in [7, 11) is -3.57. The fraction of sp³-hybridized carbons (Fsp3) is 0.455. The maximum Gasteiger partial charge on any atom is 0.215 e. The smallest absolute Gasteiger partial charge is 0.215 e. The summed E-state index contributed by atoms with van der Waals surface area (Å²) in [6.07, 6.45) is 0.629. The monoisotopic (exact) mass is 305 g/mol. The Balaban J connectivity index is 2.85. The lowest BCUT2D eigenvalue weighted by molar-refractivity contribution is 0.538. The summed E-state index contributed by atoms with van der Waals surface area (Å²) in [5.74, 6) is 0. The molecule has 0 fully saturated rings. The number of hydrogen-bond acceptors (Lipinski definition) is 2. The number of alkyl halides is 1. The molecule has 0 aliphatic heterocycles. The molecule has 3 nitrogen and oxygen atoms in total. The van der Waals surface area contributed by atoms with Gasteiger partial charge in [0, 0.05) is 4.83 Å². The van der Waals surface area contributed by atoms with Gasteiger partial charge in [-0.1, -0.05) is 46.3 Å². The third kappa shape index (κ3) is 3.06. The Labute approximate surface area is 105 Å². The molecule has 5 heteroatoms. The number of nitrogens with two attached hydrogens (primary N) is 1. The van der Waals surface area contributed by atoms with Crippen molar-refractivity contribution in [3.8, 4) is 0 Å². The van der Waals surface area contributed by atoms with Crippen LogP contribution in [0.1, 0.15) is 19.4 Å². The lowest BCUT2D eigenvalue weighted by Crippen LogP contribution is -2.45. The summed E-state index contributed by atoms with van der Waals surface area (Å²) in [6, 6.07) is 9.72. The van der Waals surface area contributed by atoms with Gasteiger partial charge in [-0.05, 0) is 25.8 Å². The van der Waals surface area contributed by atoms with Crippen LogP contribution in [-0.2, 0) is 16.4 Å². The van der Waals surface area contributed by atoms with Gasteiger partial charge >= 0.3 is 0 Å². The Bertz CT molecular complexity index is 442. The minimum Gasteiger partial charge on any atom is -0.228 e. The summed E-state index contributed by atoms with van der Waals surface area (Å²) >= 11 is 3.41. The number of rotatable bonds is 4. The Morgan fingerprint density at radius 3 is 2.25 bits per heavy atom. The average molecular weight is 306 g/mol. The molecular formula is C11H16BrNO2S. The summed E-state index contributed by atoms with van der Waals surface area (Å²) in [4.78, 5) is -0.211. The first kappa shape index (κ1) is 13.7. The fourth-order valence-electron chi connectivity index (χ4n) is 1.25. The molecule has 2 N–H and O–H groups in total. The second kappa shape index (κ2) is 4.85. The molecule has 0 spiro atoms. The van der Waals surface area contributed by atoms with Crippen molar-refractivity contribution < 1.29 is 8.42 Å². The Hall–Kier alpha value is -0.390. The van der Waals surface area contributed by atoms with E-state index >= 15 is 0 Å². The van der Waals surface area contributed by atoms with Crippen molar-refractivity contribution in [3.63, 3.8) is 0 Å². The molecule has 16 heavy (non-hydrogen) atoms. The van der Waals surface area contributed by atoms with Crippen LogP contribution in [0.3, 0.4) is 0 Å². The van der Waals surface area contributed by atoms with Crippen LogP contribution in [-0.4, -0.2) is 18.0 Å². The molecule has 0 radical (unpaired) electrons. The summed E-state index contributed by atoms with van der Waals surface area (Å²) in [5, 5.41) is 5.21. The predicted octanol–water partition coefficient (Wildman–Crippen LogP) is 2.06. The molecule has 0 aliphatic carbocycles. The van der Waals surface area contributed by atoms with Crippen molar-refractivity contribution in [2.45, 2.75) is 29.8 Å². The highest BCUT2D eigenvalue weighted by molar-refractivity contribution is 9.09. The van der Waals surface area contributed by atoms with Crippen molar-refractivity contribution in [1.29, 1.82) is 0 Å². The van der Waals surface area contributed by atoms with E-state index in [0.29, 0.717) is 6.42 Å². The van der Waals surface area contributed by atoms with Crippen LogP contribution in [0.5, 0.6) is 0 Å². The zero-order chi connectivity index (χ0) is 12.4. The van der Waals surface area contributed by atoms with E-state index < -0.39 is 14.8 Å². The first-order valence-corrected chi connectivity index (χ1v) is 7.41. The maximum absolute atomic E-state index is 11.4. The molecule has 1 aromatic carbocycles. The molecule has 0 saturated heterocycles. The van der Waals surface area contributed by atoms with Crippen LogP contribution in [0.2, 0.25) is 0 Å². The molecule has 90 valence electrons. The van der Waals surface area contributed by atoms with Crippen molar-refractivity contribution in [2.24, 2.45) is 5.14 Å². The highest BCUT2D eigenvalue weighted by Gasteiger charge is 2.38. The molecule has 0 aromatic heterocycles. The van der Waals surface area contributed by atoms with Crippen LogP contribution in [0.15, 0.2) is 30.3 Å². The van der Waals surface area contributed by atoms with Crippen molar-refractivity contribution >= 4 is 26.0 Å². The largest absolute Gasteiger partial charge is 0.228 e. The molecule has 0 saturated carbocycles. The Morgan fingerprint density at radius 2 is 1.81 bits per heavy atom. The van der Waals surface area contributed by atoms with Crippen molar-refractivity contribution in [2.75, 3.05) is 0 Å². The minimum atomic E-state index is -3.57. The lowest BCUT2D eigenvalue weighted by Gasteiger charge is -2.27. The second-order valence-corrected chi connectivity index (χ2v) is 7.55. The molecule has 0 bridgehead atoms. The summed E-state index contributed by atoms with van der Waals surface area (Å²) in [5.41, 5.74) is 1.08. The lowest BCUT2D eigenvalue weighted by atomic mass is 10.0. The zero-order valence-corrected chi connectivity index (χ0v) is 11.8. The third-order valence-corrected chi connectivity index (χ3v) is 6.27. The van der Waals surface area contributed by atoms with E-state index in [4.69, 9.17) is 5.14 Å². The first-order chi connectivity index (χ1) is 7.25. The van der Waals surface area contributed by atoms with Crippen LogP contribution in [0.4, 0.5) is 0 Å². The minimum absolute atomic E-state index is 0.211. The van der Waals surface area contributed by atoms with E-state index in [9.17, 15) is 8.42 Å². The van der Waals surface area contributed by atoms with Gasteiger partial charge < -0.3 is 0 Å². The van der Waals surface area contributed by atoms with Gasteiger partial charge in [-0.25, -0.2) is 13.6 Å². The maximum atomic E-state index is 11.4. The highest BCUT2D eigenvalue weighted by atomic mass is 79.9. The fourth-order valence-corrected chi connectivity index (χ4v) is 2.84. The van der Waals surface area contributed by atoms with Gasteiger partial charge in [0.2, 0.25) is 10.0 Å². The number of hydrogen-bond donors (Lipinski definition) is 1. The SMILES string of the molecule is CC(C)(C(Br)Cc1ccccc1)S(N)(=O)=O. The van der Waals surface area contributed by atoms with Gasteiger partial charge in [-0.2, -0.15) is 0 Å². The molecule has 0 amide bonds. The van der Waals surface area contributed by atoms with E-state index in [1.54, 1.807) is 13.8 Å². The van der Waals surface area contributed by atoms with Gasteiger partial charge in [-0.15, -0.1) is 0 Å². The van der Waals surface area contributed by atoms with E-state index in [1.807, 2.05) is 30.3 Å². The molecule has 1 unspecified atom stereocenters. The standard InChI is InChI=1S/C11H16BrNO2S/c1-11(2,16(13,14)15)10(12)8-9-6-4-3-5-7-9/h3-7,10H,8H2,1-2H3,(H2,13,14,15). The molecule has 1 rings (SSSR count). The number of benzene rings is 1. The molecule has 1 atom stereocenters. The van der Waals surface area contributed by atoms with Crippen LogP contribution < -0.4 is 5.14 Å². The number of sulfonamides is 1. The summed E-state index contributed by atoms with van der Waals surface area (Å²) in [6.45, 7) is 3.26. The highest BCUT2D eigenvalue weighted by Crippen LogP contribution is 2.27. The topological polar surface area (TPSA) is 60.2 Å². The second-order valence-electron chi connectivity index (χ2n) is 4.31. The third-order valence-electron chi connectivity index (χ3n) is 2.75. The Morgan fingerprint density at radius 1 is 1.31 bits per heavy atom.